The monoisotopic (exact) mass is 496 g/mol. The van der Waals surface area contributed by atoms with Crippen molar-refractivity contribution in [3.8, 4) is 11.4 Å². The summed E-state index contributed by atoms with van der Waals surface area (Å²) in [5.74, 6) is 1.01. The molecule has 0 fully saturated rings. The third-order valence-electron chi connectivity index (χ3n) is 5.93. The molecule has 1 aromatic heterocycles. The number of aromatic nitrogens is 2. The maximum absolute atomic E-state index is 6.31. The minimum Gasteiger partial charge on any atom is -0.382 e. The summed E-state index contributed by atoms with van der Waals surface area (Å²) in [6, 6.07) is 15.7. The van der Waals surface area contributed by atoms with Gasteiger partial charge in [-0.3, -0.25) is 0 Å². The molecule has 0 radical (unpaired) electrons. The summed E-state index contributed by atoms with van der Waals surface area (Å²) >= 11 is 12.1. The number of allylic oxidation sites excluding steroid dienone is 1. The van der Waals surface area contributed by atoms with Crippen LogP contribution in [0.1, 0.15) is 50.3 Å². The second kappa shape index (κ2) is 11.1. The van der Waals surface area contributed by atoms with Gasteiger partial charge in [0.05, 0.1) is 11.6 Å². The van der Waals surface area contributed by atoms with E-state index in [1.807, 2.05) is 50.2 Å². The summed E-state index contributed by atoms with van der Waals surface area (Å²) in [5.41, 5.74) is 5.01. The Morgan fingerprint density at radius 1 is 1.18 bits per heavy atom. The molecule has 1 N–H and O–H groups in total. The first-order valence-corrected chi connectivity index (χ1v) is 12.4. The molecule has 0 spiro atoms. The highest BCUT2D eigenvalue weighted by Crippen LogP contribution is 2.38. The van der Waals surface area contributed by atoms with Crippen molar-refractivity contribution < 1.29 is 9.26 Å². The Labute approximate surface area is 210 Å². The van der Waals surface area contributed by atoms with Crippen LogP contribution in [0.25, 0.3) is 17.0 Å². The molecule has 34 heavy (non-hydrogen) atoms. The minimum absolute atomic E-state index is 0.259. The molecule has 0 aliphatic carbocycles. The van der Waals surface area contributed by atoms with Crippen molar-refractivity contribution >= 4 is 34.5 Å². The van der Waals surface area contributed by atoms with Gasteiger partial charge in [-0.2, -0.15) is 4.98 Å². The quantitative estimate of drug-likeness (QED) is 0.286. The van der Waals surface area contributed by atoms with Gasteiger partial charge in [-0.25, -0.2) is 0 Å². The van der Waals surface area contributed by atoms with Crippen molar-refractivity contribution in [1.82, 2.24) is 20.4 Å². The van der Waals surface area contributed by atoms with Crippen LogP contribution < -0.4 is 5.32 Å². The zero-order valence-corrected chi connectivity index (χ0v) is 21.2. The lowest BCUT2D eigenvalue weighted by molar-refractivity contribution is 0.141. The Balaban J connectivity index is 1.72. The maximum atomic E-state index is 6.31. The first-order chi connectivity index (χ1) is 16.5. The Kier molecular flexibility index (Phi) is 7.98. The van der Waals surface area contributed by atoms with Gasteiger partial charge in [-0.1, -0.05) is 60.1 Å². The molecule has 4 rings (SSSR count). The third kappa shape index (κ3) is 5.32. The molecule has 2 aromatic carbocycles. The van der Waals surface area contributed by atoms with Crippen molar-refractivity contribution in [2.45, 2.75) is 39.7 Å². The van der Waals surface area contributed by atoms with E-state index >= 15 is 0 Å². The lowest BCUT2D eigenvalue weighted by Crippen LogP contribution is -2.46. The molecule has 1 aliphatic rings. The van der Waals surface area contributed by atoms with Gasteiger partial charge in [0.1, 0.15) is 0 Å². The van der Waals surface area contributed by atoms with Gasteiger partial charge in [0.15, 0.2) is 5.11 Å². The first-order valence-electron chi connectivity index (χ1n) is 11.6. The topological polar surface area (TPSA) is 63.4 Å². The Hall–Kier alpha value is -2.74. The van der Waals surface area contributed by atoms with Crippen LogP contribution in [0.15, 0.2) is 58.8 Å². The summed E-state index contributed by atoms with van der Waals surface area (Å²) in [7, 11) is 0. The highest BCUT2D eigenvalue weighted by molar-refractivity contribution is 7.80. The molecule has 2 heterocycles. The summed E-state index contributed by atoms with van der Waals surface area (Å²) < 4.78 is 11.3. The lowest BCUT2D eigenvalue weighted by atomic mass is 9.94. The van der Waals surface area contributed by atoms with E-state index in [0.29, 0.717) is 35.1 Å². The van der Waals surface area contributed by atoms with E-state index in [1.165, 1.54) is 5.56 Å². The molecule has 1 aliphatic heterocycles. The predicted octanol–water partition coefficient (Wildman–Crippen LogP) is 6.04. The zero-order valence-electron chi connectivity index (χ0n) is 19.7. The third-order valence-corrected chi connectivity index (χ3v) is 6.50. The molecule has 1 atom stereocenters. The molecule has 6 nitrogen and oxygen atoms in total. The van der Waals surface area contributed by atoms with Crippen LogP contribution in [0.4, 0.5) is 0 Å². The van der Waals surface area contributed by atoms with Crippen molar-refractivity contribution in [3.05, 3.63) is 76.3 Å². The molecule has 0 bridgehead atoms. The van der Waals surface area contributed by atoms with Crippen LogP contribution in [-0.2, 0) is 11.2 Å². The molecule has 178 valence electrons. The number of ether oxygens (including phenoxy) is 1. The highest BCUT2D eigenvalue weighted by Gasteiger charge is 2.34. The Morgan fingerprint density at radius 3 is 2.68 bits per heavy atom. The van der Waals surface area contributed by atoms with Crippen LogP contribution >= 0.6 is 23.8 Å². The van der Waals surface area contributed by atoms with Crippen LogP contribution in [0.2, 0.25) is 5.02 Å². The van der Waals surface area contributed by atoms with Crippen LogP contribution in [0.3, 0.4) is 0 Å². The van der Waals surface area contributed by atoms with Gasteiger partial charge in [0.2, 0.25) is 5.82 Å². The summed E-state index contributed by atoms with van der Waals surface area (Å²) in [4.78, 5) is 6.85. The number of nitrogens with zero attached hydrogens (tertiary/aromatic N) is 3. The number of hydrogen-bond acceptors (Lipinski definition) is 5. The van der Waals surface area contributed by atoms with E-state index in [0.717, 1.165) is 41.8 Å². The van der Waals surface area contributed by atoms with E-state index in [9.17, 15) is 0 Å². The van der Waals surface area contributed by atoms with Crippen LogP contribution in [-0.4, -0.2) is 39.9 Å². The Morgan fingerprint density at radius 2 is 1.97 bits per heavy atom. The average Bonchev–Trinajstić information content (AvgIpc) is 3.33. The Bertz CT molecular complexity index is 1180. The molecule has 8 heteroatoms. The van der Waals surface area contributed by atoms with Gasteiger partial charge in [0.25, 0.3) is 5.89 Å². The normalized spacial score (nSPS) is 16.2. The average molecular weight is 497 g/mol. The fraction of sp³-hybridized carbons (Fsp3) is 0.346. The van der Waals surface area contributed by atoms with E-state index in [4.69, 9.17) is 38.1 Å². The van der Waals surface area contributed by atoms with Crippen molar-refractivity contribution in [2.24, 2.45) is 0 Å². The summed E-state index contributed by atoms with van der Waals surface area (Å²) in [6.07, 6.45) is 1.83. The summed E-state index contributed by atoms with van der Waals surface area (Å²) in [5, 5.41) is 9.06. The summed E-state index contributed by atoms with van der Waals surface area (Å²) in [6.45, 7) is 8.27. The molecule has 1 unspecified atom stereocenters. The van der Waals surface area contributed by atoms with Gasteiger partial charge in [0, 0.05) is 36.0 Å². The number of halogens is 1. The SMILES string of the molecule is CCOCCCN1C(=S)NC(c2cccc(Cl)c2)C(c2nc(-c3ccc(CC)cc3)no2)=C1C. The number of thiocarbonyl (C=S) groups is 1. The molecule has 0 amide bonds. The number of hydrogen-bond donors (Lipinski definition) is 1. The van der Waals surface area contributed by atoms with Crippen LogP contribution in [0.5, 0.6) is 0 Å². The molecule has 0 saturated heterocycles. The van der Waals surface area contributed by atoms with Gasteiger partial charge >= 0.3 is 0 Å². The van der Waals surface area contributed by atoms with Crippen molar-refractivity contribution in [3.63, 3.8) is 0 Å². The molecule has 3 aromatic rings. The predicted molar refractivity (Wildman–Crippen MR) is 139 cm³/mol. The molecular weight excluding hydrogens is 468 g/mol. The van der Waals surface area contributed by atoms with Crippen molar-refractivity contribution in [2.75, 3.05) is 19.8 Å². The fourth-order valence-corrected chi connectivity index (χ4v) is 4.62. The molecule has 0 saturated carbocycles. The highest BCUT2D eigenvalue weighted by atomic mass is 35.5. The largest absolute Gasteiger partial charge is 0.382 e. The zero-order chi connectivity index (χ0) is 24.1. The van der Waals surface area contributed by atoms with Gasteiger partial charge in [-0.05, 0) is 62.2 Å². The van der Waals surface area contributed by atoms with E-state index in [2.05, 4.69) is 34.4 Å². The smallest absolute Gasteiger partial charge is 0.258 e. The second-order valence-corrected chi connectivity index (χ2v) is 8.94. The fourth-order valence-electron chi connectivity index (χ4n) is 4.07. The second-order valence-electron chi connectivity index (χ2n) is 8.11. The number of rotatable bonds is 9. The van der Waals surface area contributed by atoms with Gasteiger partial charge < -0.3 is 19.5 Å². The van der Waals surface area contributed by atoms with E-state index in [1.54, 1.807) is 0 Å². The maximum Gasteiger partial charge on any atom is 0.258 e. The first kappa shape index (κ1) is 24.4. The van der Waals surface area contributed by atoms with E-state index < -0.39 is 0 Å². The minimum atomic E-state index is -0.259. The number of aryl methyl sites for hydroxylation is 1. The standard InChI is InChI=1S/C26H29ClN4O2S/c1-4-18-10-12-19(13-11-18)24-29-25(33-30-24)22-17(3)31(14-7-15-32-5-2)26(34)28-23(22)20-8-6-9-21(27)16-20/h6,8-13,16,23H,4-5,7,14-15H2,1-3H3,(H,28,34). The van der Waals surface area contributed by atoms with E-state index in [-0.39, 0.29) is 6.04 Å². The van der Waals surface area contributed by atoms with Crippen molar-refractivity contribution in [1.29, 1.82) is 0 Å². The number of nitrogens with one attached hydrogen (secondary N) is 1. The van der Waals surface area contributed by atoms with Crippen LogP contribution in [0, 0.1) is 0 Å². The van der Waals surface area contributed by atoms with Gasteiger partial charge in [-0.15, -0.1) is 0 Å². The number of benzene rings is 2. The molecular formula is C26H29ClN4O2S. The lowest BCUT2D eigenvalue weighted by Gasteiger charge is -2.37.